The Hall–Kier alpha value is -3.57. The van der Waals surface area contributed by atoms with Crippen LogP contribution in [0.5, 0.6) is 11.5 Å². The highest BCUT2D eigenvalue weighted by Gasteiger charge is 2.17. The third kappa shape index (κ3) is 3.09. The molecule has 0 unspecified atom stereocenters. The van der Waals surface area contributed by atoms with Gasteiger partial charge in [-0.25, -0.2) is 4.98 Å². The molecule has 0 spiro atoms. The molecule has 3 aromatic carbocycles. The smallest absolute Gasteiger partial charge is 0.231 e. The first-order chi connectivity index (χ1) is 15.7. The largest absolute Gasteiger partial charge is 0.454 e. The van der Waals surface area contributed by atoms with Gasteiger partial charge in [0.25, 0.3) is 0 Å². The molecule has 1 aliphatic rings. The number of benzene rings is 3. The fourth-order valence-corrected chi connectivity index (χ4v) is 4.57. The van der Waals surface area contributed by atoms with Gasteiger partial charge in [0.2, 0.25) is 6.79 Å². The molecule has 0 saturated carbocycles. The van der Waals surface area contributed by atoms with Crippen LogP contribution < -0.4 is 9.47 Å². The van der Waals surface area contributed by atoms with Crippen molar-refractivity contribution < 1.29 is 9.47 Å². The first-order valence-electron chi connectivity index (χ1n) is 10.7. The molecule has 2 aromatic heterocycles. The molecule has 0 radical (unpaired) electrons. The summed E-state index contributed by atoms with van der Waals surface area (Å²) in [5, 5.41) is 1.63. The van der Waals surface area contributed by atoms with Crippen LogP contribution in [0.25, 0.3) is 38.8 Å². The lowest BCUT2D eigenvalue weighted by molar-refractivity contribution is 0.174. The summed E-state index contributed by atoms with van der Waals surface area (Å²) in [5.41, 5.74) is 6.97. The number of ether oxygens (including phenoxy) is 2. The minimum absolute atomic E-state index is 0.241. The second-order valence-corrected chi connectivity index (χ2v) is 8.35. The van der Waals surface area contributed by atoms with Gasteiger partial charge in [-0.05, 0) is 53.9 Å². The van der Waals surface area contributed by atoms with Gasteiger partial charge in [0, 0.05) is 16.6 Å². The van der Waals surface area contributed by atoms with E-state index in [1.54, 1.807) is 6.20 Å². The van der Waals surface area contributed by atoms with Gasteiger partial charge in [0.15, 0.2) is 11.5 Å². The van der Waals surface area contributed by atoms with Gasteiger partial charge < -0.3 is 9.47 Å². The summed E-state index contributed by atoms with van der Waals surface area (Å²) < 4.78 is 13.1. The SMILES string of the molecule is CCCc1ccc(-n2cnc3cnc4cc(Cl)c(-c5ccc6c(c5)OCO6)cc4c32)cc1. The highest BCUT2D eigenvalue weighted by Crippen LogP contribution is 2.40. The molecule has 0 fully saturated rings. The van der Waals surface area contributed by atoms with E-state index in [0.29, 0.717) is 5.02 Å². The van der Waals surface area contributed by atoms with E-state index in [1.165, 1.54) is 5.56 Å². The number of hydrogen-bond donors (Lipinski definition) is 0. The van der Waals surface area contributed by atoms with Crippen molar-refractivity contribution in [2.75, 3.05) is 6.79 Å². The molecule has 32 heavy (non-hydrogen) atoms. The number of pyridine rings is 1. The predicted octanol–water partition coefficient (Wildman–Crippen LogP) is 6.58. The van der Waals surface area contributed by atoms with E-state index < -0.39 is 0 Å². The highest BCUT2D eigenvalue weighted by atomic mass is 35.5. The minimum Gasteiger partial charge on any atom is -0.454 e. The molecule has 1 aliphatic heterocycles. The van der Waals surface area contributed by atoms with E-state index in [4.69, 9.17) is 21.1 Å². The fourth-order valence-electron chi connectivity index (χ4n) is 4.31. The monoisotopic (exact) mass is 441 g/mol. The van der Waals surface area contributed by atoms with Gasteiger partial charge in [-0.3, -0.25) is 9.55 Å². The third-order valence-electron chi connectivity index (χ3n) is 5.90. The zero-order valence-electron chi connectivity index (χ0n) is 17.5. The number of rotatable bonds is 4. The molecular formula is C26H20ClN3O2. The van der Waals surface area contributed by atoms with Crippen molar-refractivity contribution >= 4 is 33.5 Å². The maximum absolute atomic E-state index is 6.68. The Labute approximate surface area is 190 Å². The molecule has 6 rings (SSSR count). The van der Waals surface area contributed by atoms with Gasteiger partial charge in [-0.15, -0.1) is 0 Å². The minimum atomic E-state index is 0.241. The molecular weight excluding hydrogens is 422 g/mol. The summed E-state index contributed by atoms with van der Waals surface area (Å²) in [7, 11) is 0. The van der Waals surface area contributed by atoms with E-state index >= 15 is 0 Å². The number of halogens is 1. The molecule has 5 aromatic rings. The van der Waals surface area contributed by atoms with Crippen molar-refractivity contribution in [3.8, 4) is 28.3 Å². The van der Waals surface area contributed by atoms with Crippen LogP contribution in [0, 0.1) is 0 Å². The summed E-state index contributed by atoms with van der Waals surface area (Å²) in [6, 6.07) is 18.5. The topological polar surface area (TPSA) is 49.2 Å². The van der Waals surface area contributed by atoms with Gasteiger partial charge in [-0.1, -0.05) is 43.1 Å². The lowest BCUT2D eigenvalue weighted by Crippen LogP contribution is -1.95. The molecule has 158 valence electrons. The van der Waals surface area contributed by atoms with E-state index in [0.717, 1.165) is 63.1 Å². The number of imidazole rings is 1. The zero-order chi connectivity index (χ0) is 21.7. The Morgan fingerprint density at radius 2 is 1.78 bits per heavy atom. The quantitative estimate of drug-likeness (QED) is 0.316. The average molecular weight is 442 g/mol. The average Bonchev–Trinajstić information content (AvgIpc) is 3.46. The van der Waals surface area contributed by atoms with Crippen molar-refractivity contribution in [1.29, 1.82) is 0 Å². The standard InChI is InChI=1S/C26H20ClN3O2/c1-2-3-16-4-7-18(8-5-16)30-14-29-23-13-28-22-12-21(27)19(11-20(22)26(23)30)17-6-9-24-25(10-17)32-15-31-24/h4-14H,2-3,15H2,1H3. The Kier molecular flexibility index (Phi) is 4.51. The molecule has 6 heteroatoms. The predicted molar refractivity (Wildman–Crippen MR) is 127 cm³/mol. The van der Waals surface area contributed by atoms with Crippen LogP contribution in [0.1, 0.15) is 18.9 Å². The zero-order valence-corrected chi connectivity index (χ0v) is 18.3. The van der Waals surface area contributed by atoms with Crippen molar-refractivity contribution in [3.63, 3.8) is 0 Å². The molecule has 0 N–H and O–H groups in total. The van der Waals surface area contributed by atoms with Crippen LogP contribution >= 0.6 is 11.6 Å². The second kappa shape index (κ2) is 7.53. The Morgan fingerprint density at radius 1 is 0.938 bits per heavy atom. The molecule has 3 heterocycles. The van der Waals surface area contributed by atoms with Crippen LogP contribution in [0.3, 0.4) is 0 Å². The lowest BCUT2D eigenvalue weighted by Gasteiger charge is -2.11. The highest BCUT2D eigenvalue weighted by molar-refractivity contribution is 6.34. The second-order valence-electron chi connectivity index (χ2n) is 7.94. The lowest BCUT2D eigenvalue weighted by atomic mass is 10.0. The Bertz CT molecular complexity index is 1470. The fraction of sp³-hybridized carbons (Fsp3) is 0.154. The van der Waals surface area contributed by atoms with Crippen LogP contribution in [0.2, 0.25) is 5.02 Å². The molecule has 5 nitrogen and oxygen atoms in total. The van der Waals surface area contributed by atoms with Crippen LogP contribution in [0.4, 0.5) is 0 Å². The van der Waals surface area contributed by atoms with Crippen molar-refractivity contribution in [3.05, 3.63) is 77.7 Å². The van der Waals surface area contributed by atoms with Crippen LogP contribution in [-0.2, 0) is 6.42 Å². The first-order valence-corrected chi connectivity index (χ1v) is 11.0. The summed E-state index contributed by atoms with van der Waals surface area (Å²) in [4.78, 5) is 9.21. The van der Waals surface area contributed by atoms with Gasteiger partial charge in [-0.2, -0.15) is 0 Å². The molecule has 0 atom stereocenters. The summed E-state index contributed by atoms with van der Waals surface area (Å²) in [6.07, 6.45) is 5.87. The van der Waals surface area contributed by atoms with Crippen molar-refractivity contribution in [1.82, 2.24) is 14.5 Å². The van der Waals surface area contributed by atoms with E-state index in [-0.39, 0.29) is 6.79 Å². The van der Waals surface area contributed by atoms with Crippen LogP contribution in [-0.4, -0.2) is 21.3 Å². The van der Waals surface area contributed by atoms with Gasteiger partial charge >= 0.3 is 0 Å². The number of hydrogen-bond acceptors (Lipinski definition) is 4. The Morgan fingerprint density at radius 3 is 2.62 bits per heavy atom. The maximum atomic E-state index is 6.68. The summed E-state index contributed by atoms with van der Waals surface area (Å²) >= 11 is 6.68. The molecule has 0 saturated heterocycles. The third-order valence-corrected chi connectivity index (χ3v) is 6.21. The van der Waals surface area contributed by atoms with Crippen molar-refractivity contribution in [2.45, 2.75) is 19.8 Å². The normalized spacial score (nSPS) is 12.7. The maximum Gasteiger partial charge on any atom is 0.231 e. The summed E-state index contributed by atoms with van der Waals surface area (Å²) in [5.74, 6) is 1.48. The van der Waals surface area contributed by atoms with Gasteiger partial charge in [0.1, 0.15) is 11.8 Å². The van der Waals surface area contributed by atoms with E-state index in [1.807, 2.05) is 30.6 Å². The molecule has 0 bridgehead atoms. The first kappa shape index (κ1) is 19.1. The molecule has 0 amide bonds. The van der Waals surface area contributed by atoms with Crippen LogP contribution in [0.15, 0.2) is 67.1 Å². The van der Waals surface area contributed by atoms with E-state index in [9.17, 15) is 0 Å². The number of fused-ring (bicyclic) bond motifs is 4. The van der Waals surface area contributed by atoms with Crippen molar-refractivity contribution in [2.24, 2.45) is 0 Å². The molecule has 0 aliphatic carbocycles. The number of nitrogens with zero attached hydrogens (tertiary/aromatic N) is 3. The Balaban J connectivity index is 1.54. The van der Waals surface area contributed by atoms with Gasteiger partial charge in [0.05, 0.1) is 22.3 Å². The number of aryl methyl sites for hydroxylation is 1. The summed E-state index contributed by atoms with van der Waals surface area (Å²) in [6.45, 7) is 2.43. The van der Waals surface area contributed by atoms with E-state index in [2.05, 4.69) is 51.8 Å². The number of aromatic nitrogens is 3.